The van der Waals surface area contributed by atoms with E-state index in [0.29, 0.717) is 37.6 Å². The molecule has 0 aromatic heterocycles. The van der Waals surface area contributed by atoms with E-state index in [-0.39, 0.29) is 17.4 Å². The number of hydrogen-bond acceptors (Lipinski definition) is 8. The summed E-state index contributed by atoms with van der Waals surface area (Å²) in [6.45, 7) is 12.3. The summed E-state index contributed by atoms with van der Waals surface area (Å²) < 4.78 is 16.6. The fourth-order valence-corrected chi connectivity index (χ4v) is 3.96. The van der Waals surface area contributed by atoms with Crippen molar-refractivity contribution in [3.63, 3.8) is 0 Å². The van der Waals surface area contributed by atoms with Gasteiger partial charge in [-0.1, -0.05) is 19.9 Å². The fraction of sp³-hybridized carbons (Fsp3) is 0.690. The highest BCUT2D eigenvalue weighted by Crippen LogP contribution is 2.32. The maximum absolute atomic E-state index is 11.7. The van der Waals surface area contributed by atoms with Gasteiger partial charge in [-0.05, 0) is 82.9 Å². The van der Waals surface area contributed by atoms with Crippen molar-refractivity contribution in [2.45, 2.75) is 85.0 Å². The molecule has 0 heterocycles. The number of nitrogens with one attached hydrogen (secondary N) is 1. The standard InChI is InChI=1S/C29H47NO8/c1-19(2)22(15-21-11-12-25(36-8)26(16-21)37-14-10-9-13-35-7)17-24(30-38-29(4,5)6)27(32)23(18-31)20(3)28(33)34/h11-12,16,19-20,22,24,27,30,32H,9-10,13-15,17H2,1-8H3,(H,33,34)/t20-,22+,24+,27+/m1/s1. The van der Waals surface area contributed by atoms with E-state index in [4.69, 9.17) is 19.0 Å². The van der Waals surface area contributed by atoms with Crippen LogP contribution in [0.15, 0.2) is 23.8 Å². The molecular weight excluding hydrogens is 490 g/mol. The zero-order valence-corrected chi connectivity index (χ0v) is 24.2. The third kappa shape index (κ3) is 11.5. The van der Waals surface area contributed by atoms with Gasteiger partial charge in [0.1, 0.15) is 12.0 Å². The number of ether oxygens (including phenoxy) is 3. The van der Waals surface area contributed by atoms with Crippen molar-refractivity contribution >= 4 is 11.9 Å². The summed E-state index contributed by atoms with van der Waals surface area (Å²) in [7, 11) is 3.28. The predicted octanol–water partition coefficient (Wildman–Crippen LogP) is 4.23. The summed E-state index contributed by atoms with van der Waals surface area (Å²) in [5, 5.41) is 20.5. The van der Waals surface area contributed by atoms with Crippen LogP contribution in [0.4, 0.5) is 0 Å². The molecule has 0 aliphatic rings. The normalized spacial score (nSPS) is 14.9. The van der Waals surface area contributed by atoms with E-state index in [9.17, 15) is 19.8 Å². The molecule has 0 fully saturated rings. The van der Waals surface area contributed by atoms with Gasteiger partial charge in [-0.2, -0.15) is 5.48 Å². The zero-order chi connectivity index (χ0) is 28.9. The number of carbonyl (C=O) groups is 1. The van der Waals surface area contributed by atoms with Crippen molar-refractivity contribution < 1.29 is 38.9 Å². The molecule has 38 heavy (non-hydrogen) atoms. The molecule has 9 heteroatoms. The Morgan fingerprint density at radius 2 is 1.74 bits per heavy atom. The molecule has 216 valence electrons. The van der Waals surface area contributed by atoms with E-state index in [0.717, 1.165) is 18.4 Å². The van der Waals surface area contributed by atoms with E-state index in [1.54, 1.807) is 20.2 Å². The Balaban J connectivity index is 3.16. The third-order valence-corrected chi connectivity index (χ3v) is 6.40. The van der Waals surface area contributed by atoms with Crippen molar-refractivity contribution in [1.82, 2.24) is 5.48 Å². The largest absolute Gasteiger partial charge is 0.493 e. The van der Waals surface area contributed by atoms with Crippen LogP contribution in [0, 0.1) is 17.8 Å². The summed E-state index contributed by atoms with van der Waals surface area (Å²) in [6.07, 6.45) is 1.46. The molecule has 0 aliphatic carbocycles. The van der Waals surface area contributed by atoms with Gasteiger partial charge >= 0.3 is 5.97 Å². The maximum Gasteiger partial charge on any atom is 0.311 e. The van der Waals surface area contributed by atoms with Crippen molar-refractivity contribution in [1.29, 1.82) is 0 Å². The Bertz CT molecular complexity index is 904. The number of aliphatic hydroxyl groups excluding tert-OH is 1. The lowest BCUT2D eigenvalue weighted by Gasteiger charge is -2.33. The van der Waals surface area contributed by atoms with E-state index in [1.807, 2.05) is 39.0 Å². The number of benzene rings is 1. The summed E-state index contributed by atoms with van der Waals surface area (Å²) in [5.74, 6) is 0.871. The first kappa shape index (κ1) is 33.6. The van der Waals surface area contributed by atoms with Gasteiger partial charge in [0.05, 0.1) is 36.9 Å². The Hall–Kier alpha value is -2.42. The van der Waals surface area contributed by atoms with Crippen LogP contribution < -0.4 is 15.0 Å². The minimum atomic E-state index is -1.39. The second kappa shape index (κ2) is 16.5. The molecule has 1 rings (SSSR count). The zero-order valence-electron chi connectivity index (χ0n) is 24.2. The topological polar surface area (TPSA) is 124 Å². The monoisotopic (exact) mass is 537 g/mol. The molecule has 1 aromatic carbocycles. The molecule has 0 saturated carbocycles. The minimum Gasteiger partial charge on any atom is -0.493 e. The van der Waals surface area contributed by atoms with Crippen LogP contribution in [0.5, 0.6) is 11.5 Å². The van der Waals surface area contributed by atoms with Crippen molar-refractivity contribution in [2.24, 2.45) is 17.8 Å². The van der Waals surface area contributed by atoms with Gasteiger partial charge in [0.2, 0.25) is 0 Å². The van der Waals surface area contributed by atoms with Crippen LogP contribution in [0.3, 0.4) is 0 Å². The highest BCUT2D eigenvalue weighted by atomic mass is 16.7. The van der Waals surface area contributed by atoms with Gasteiger partial charge < -0.3 is 24.4 Å². The van der Waals surface area contributed by atoms with Crippen LogP contribution in [0.2, 0.25) is 0 Å². The van der Waals surface area contributed by atoms with Gasteiger partial charge in [0, 0.05) is 13.7 Å². The van der Waals surface area contributed by atoms with Gasteiger partial charge in [-0.15, -0.1) is 0 Å². The van der Waals surface area contributed by atoms with Crippen molar-refractivity contribution in [3.8, 4) is 11.5 Å². The van der Waals surface area contributed by atoms with Crippen molar-refractivity contribution in [2.75, 3.05) is 27.4 Å². The number of carboxylic acids is 1. The first-order chi connectivity index (χ1) is 17.8. The number of unbranched alkanes of at least 4 members (excludes halogenated alkanes) is 1. The summed E-state index contributed by atoms with van der Waals surface area (Å²) in [5.41, 5.74) is 3.16. The summed E-state index contributed by atoms with van der Waals surface area (Å²) in [6, 6.07) is 5.11. The predicted molar refractivity (Wildman–Crippen MR) is 146 cm³/mol. The smallest absolute Gasteiger partial charge is 0.311 e. The molecule has 1 aromatic rings. The van der Waals surface area contributed by atoms with Crippen LogP contribution in [-0.2, 0) is 25.6 Å². The molecule has 0 amide bonds. The van der Waals surface area contributed by atoms with Crippen LogP contribution in [0.1, 0.15) is 66.4 Å². The Kier molecular flexibility index (Phi) is 14.6. The second-order valence-electron chi connectivity index (χ2n) is 11.0. The number of hydroxylamine groups is 1. The first-order valence-corrected chi connectivity index (χ1v) is 13.2. The van der Waals surface area contributed by atoms with E-state index < -0.39 is 29.6 Å². The molecule has 0 bridgehead atoms. The van der Waals surface area contributed by atoms with E-state index >= 15 is 0 Å². The molecule has 4 atom stereocenters. The molecule has 0 aliphatic heterocycles. The quantitative estimate of drug-likeness (QED) is 0.143. The molecule has 0 saturated heterocycles. The lowest BCUT2D eigenvalue weighted by atomic mass is 9.81. The van der Waals surface area contributed by atoms with Crippen LogP contribution >= 0.6 is 0 Å². The average Bonchev–Trinajstić information content (AvgIpc) is 2.85. The van der Waals surface area contributed by atoms with E-state index in [2.05, 4.69) is 19.3 Å². The van der Waals surface area contributed by atoms with Crippen LogP contribution in [-0.4, -0.2) is 67.3 Å². The van der Waals surface area contributed by atoms with Gasteiger partial charge in [-0.3, -0.25) is 9.63 Å². The average molecular weight is 538 g/mol. The number of aliphatic hydroxyl groups is 1. The maximum atomic E-state index is 11.7. The Morgan fingerprint density at radius 3 is 2.26 bits per heavy atom. The number of rotatable bonds is 18. The third-order valence-electron chi connectivity index (χ3n) is 6.40. The number of methoxy groups -OCH3 is 2. The Morgan fingerprint density at radius 1 is 1.08 bits per heavy atom. The SMILES string of the molecule is COCCCCOc1cc(C[C@@H](C[C@H](NOC(C)(C)C)[C@@H](O)C(=C=O)[C@@H](C)C(=O)O)C(C)C)ccc1OC. The number of aliphatic carboxylic acids is 1. The second-order valence-corrected chi connectivity index (χ2v) is 11.0. The molecular formula is C29H47NO8. The Labute approximate surface area is 227 Å². The molecule has 9 nitrogen and oxygen atoms in total. The number of hydrogen-bond donors (Lipinski definition) is 3. The molecule has 0 unspecified atom stereocenters. The number of carboxylic acid groups (broad SMARTS) is 1. The summed E-state index contributed by atoms with van der Waals surface area (Å²) in [4.78, 5) is 29.0. The number of carbonyl (C=O) groups excluding carboxylic acids is 1. The van der Waals surface area contributed by atoms with Crippen molar-refractivity contribution in [3.05, 3.63) is 29.3 Å². The highest BCUT2D eigenvalue weighted by Gasteiger charge is 2.34. The summed E-state index contributed by atoms with van der Waals surface area (Å²) >= 11 is 0. The minimum absolute atomic E-state index is 0.0571. The first-order valence-electron chi connectivity index (χ1n) is 13.2. The van der Waals surface area contributed by atoms with Gasteiger partial charge in [0.15, 0.2) is 11.5 Å². The fourth-order valence-electron chi connectivity index (χ4n) is 3.96. The highest BCUT2D eigenvalue weighted by molar-refractivity contribution is 5.77. The van der Waals surface area contributed by atoms with E-state index in [1.165, 1.54) is 6.92 Å². The lowest BCUT2D eigenvalue weighted by Crippen LogP contribution is -2.47. The van der Waals surface area contributed by atoms with Gasteiger partial charge in [-0.25, -0.2) is 4.79 Å². The molecule has 0 radical (unpaired) electrons. The van der Waals surface area contributed by atoms with Gasteiger partial charge in [0.25, 0.3) is 0 Å². The molecule has 0 spiro atoms. The van der Waals surface area contributed by atoms with Crippen LogP contribution in [0.25, 0.3) is 0 Å². The lowest BCUT2D eigenvalue weighted by molar-refractivity contribution is -0.140. The molecule has 3 N–H and O–H groups in total.